The molecule has 0 unspecified atom stereocenters. The molecule has 0 spiro atoms. The molecule has 1 amide bonds. The number of benzene rings is 2. The number of hydrogen-bond donors (Lipinski definition) is 1. The van der Waals surface area contributed by atoms with E-state index in [1.165, 1.54) is 12.4 Å². The Labute approximate surface area is 169 Å². The number of halogens is 2. The normalized spacial score (nSPS) is 11.4. The van der Waals surface area contributed by atoms with E-state index in [0.717, 1.165) is 29.0 Å². The zero-order valence-corrected chi connectivity index (χ0v) is 16.9. The molecule has 1 aromatic heterocycles. The molecule has 150 valence electrons. The lowest BCUT2D eigenvalue weighted by Gasteiger charge is -2.21. The minimum absolute atomic E-state index is 0.252. The first kappa shape index (κ1) is 20.6. The fourth-order valence-corrected chi connectivity index (χ4v) is 3.05. The zero-order chi connectivity index (χ0) is 21.2. The van der Waals surface area contributed by atoms with Gasteiger partial charge in [0.25, 0.3) is 5.91 Å². The van der Waals surface area contributed by atoms with Crippen LogP contribution in [0.2, 0.25) is 0 Å². The van der Waals surface area contributed by atoms with E-state index in [4.69, 9.17) is 0 Å². The maximum Gasteiger partial charge on any atom is 0.251 e. The molecule has 0 fully saturated rings. The van der Waals surface area contributed by atoms with Crippen LogP contribution < -0.4 is 5.32 Å². The summed E-state index contributed by atoms with van der Waals surface area (Å²) in [6.07, 6.45) is 3.87. The van der Waals surface area contributed by atoms with Gasteiger partial charge in [-0.05, 0) is 74.2 Å². The van der Waals surface area contributed by atoms with Crippen LogP contribution >= 0.6 is 0 Å². The predicted molar refractivity (Wildman–Crippen MR) is 109 cm³/mol. The summed E-state index contributed by atoms with van der Waals surface area (Å²) in [6, 6.07) is 8.97. The number of amides is 1. The molecule has 0 saturated heterocycles. The van der Waals surface area contributed by atoms with Gasteiger partial charge >= 0.3 is 0 Å². The van der Waals surface area contributed by atoms with E-state index in [1.54, 1.807) is 18.3 Å². The van der Waals surface area contributed by atoms with Crippen LogP contribution in [-0.2, 0) is 6.42 Å². The van der Waals surface area contributed by atoms with Crippen molar-refractivity contribution in [3.63, 3.8) is 0 Å². The Bertz CT molecular complexity index is 1060. The second kappa shape index (κ2) is 8.07. The minimum atomic E-state index is -0.939. The van der Waals surface area contributed by atoms with Crippen LogP contribution in [0.3, 0.4) is 0 Å². The van der Waals surface area contributed by atoms with Gasteiger partial charge in [-0.2, -0.15) is 0 Å². The SMILES string of the molecule is CCc1ncncc1-c1cc(C(=O)NC(C)(C)C)cc(-c2ccc(F)c(F)c2)c1. The average Bonchev–Trinajstić information content (AvgIpc) is 2.68. The van der Waals surface area contributed by atoms with Crippen LogP contribution in [0, 0.1) is 11.6 Å². The number of aryl methyl sites for hydroxylation is 1. The Morgan fingerprint density at radius 2 is 1.72 bits per heavy atom. The van der Waals surface area contributed by atoms with E-state index in [1.807, 2.05) is 33.8 Å². The highest BCUT2D eigenvalue weighted by Crippen LogP contribution is 2.30. The summed E-state index contributed by atoms with van der Waals surface area (Å²) in [7, 11) is 0. The monoisotopic (exact) mass is 395 g/mol. The highest BCUT2D eigenvalue weighted by molar-refractivity contribution is 5.97. The van der Waals surface area contributed by atoms with Crippen LogP contribution in [-0.4, -0.2) is 21.4 Å². The van der Waals surface area contributed by atoms with Crippen LogP contribution in [0.5, 0.6) is 0 Å². The highest BCUT2D eigenvalue weighted by atomic mass is 19.2. The van der Waals surface area contributed by atoms with Crippen molar-refractivity contribution in [3.05, 3.63) is 71.8 Å². The van der Waals surface area contributed by atoms with Gasteiger partial charge in [0, 0.05) is 22.9 Å². The molecule has 3 aromatic rings. The molecule has 0 aliphatic carbocycles. The van der Waals surface area contributed by atoms with Gasteiger partial charge in [0.1, 0.15) is 6.33 Å². The molecule has 2 aromatic carbocycles. The first-order valence-electron chi connectivity index (χ1n) is 9.40. The number of hydrogen-bond acceptors (Lipinski definition) is 3. The number of carbonyl (C=O) groups is 1. The summed E-state index contributed by atoms with van der Waals surface area (Å²) >= 11 is 0. The summed E-state index contributed by atoms with van der Waals surface area (Å²) in [5.74, 6) is -2.11. The fourth-order valence-electron chi connectivity index (χ4n) is 3.05. The second-order valence-corrected chi connectivity index (χ2v) is 7.87. The largest absolute Gasteiger partial charge is 0.347 e. The lowest BCUT2D eigenvalue weighted by Crippen LogP contribution is -2.40. The van der Waals surface area contributed by atoms with Gasteiger partial charge in [0.15, 0.2) is 11.6 Å². The van der Waals surface area contributed by atoms with E-state index in [-0.39, 0.29) is 5.91 Å². The van der Waals surface area contributed by atoms with Crippen molar-refractivity contribution in [1.82, 2.24) is 15.3 Å². The van der Waals surface area contributed by atoms with E-state index < -0.39 is 17.2 Å². The third kappa shape index (κ3) is 4.83. The van der Waals surface area contributed by atoms with Crippen LogP contribution in [0.15, 0.2) is 48.9 Å². The number of nitrogens with zero attached hydrogens (tertiary/aromatic N) is 2. The molecule has 0 aliphatic heterocycles. The third-order valence-electron chi connectivity index (χ3n) is 4.38. The Morgan fingerprint density at radius 1 is 1.00 bits per heavy atom. The van der Waals surface area contributed by atoms with Gasteiger partial charge < -0.3 is 5.32 Å². The molecule has 1 heterocycles. The van der Waals surface area contributed by atoms with Crippen molar-refractivity contribution in [2.75, 3.05) is 0 Å². The molecule has 0 saturated carbocycles. The lowest BCUT2D eigenvalue weighted by atomic mass is 9.94. The summed E-state index contributed by atoms with van der Waals surface area (Å²) in [5, 5.41) is 2.94. The topological polar surface area (TPSA) is 54.9 Å². The van der Waals surface area contributed by atoms with Gasteiger partial charge in [-0.25, -0.2) is 18.7 Å². The number of nitrogens with one attached hydrogen (secondary N) is 1. The van der Waals surface area contributed by atoms with E-state index >= 15 is 0 Å². The molecule has 0 atom stereocenters. The van der Waals surface area contributed by atoms with E-state index in [9.17, 15) is 13.6 Å². The van der Waals surface area contributed by atoms with E-state index in [2.05, 4.69) is 15.3 Å². The lowest BCUT2D eigenvalue weighted by molar-refractivity contribution is 0.0919. The summed E-state index contributed by atoms with van der Waals surface area (Å²) in [4.78, 5) is 21.3. The fraction of sp³-hybridized carbons (Fsp3) is 0.261. The standard InChI is InChI=1S/C23H23F2N3O/c1-5-21-18(12-26-13-27-21)16-8-15(14-6-7-19(24)20(25)11-14)9-17(10-16)22(29)28-23(2,3)4/h6-13H,5H2,1-4H3,(H,28,29). The molecule has 29 heavy (non-hydrogen) atoms. The molecule has 3 rings (SSSR count). The summed E-state index contributed by atoms with van der Waals surface area (Å²) in [6.45, 7) is 7.67. The third-order valence-corrected chi connectivity index (χ3v) is 4.38. The molecular weight excluding hydrogens is 372 g/mol. The Hall–Kier alpha value is -3.15. The smallest absolute Gasteiger partial charge is 0.251 e. The quantitative estimate of drug-likeness (QED) is 0.662. The van der Waals surface area contributed by atoms with Crippen molar-refractivity contribution in [1.29, 1.82) is 0 Å². The van der Waals surface area contributed by atoms with Gasteiger partial charge in [-0.1, -0.05) is 13.0 Å². The Balaban J connectivity index is 2.19. The molecule has 0 aliphatic rings. The number of rotatable bonds is 4. The molecule has 6 heteroatoms. The molecule has 0 radical (unpaired) electrons. The van der Waals surface area contributed by atoms with Crippen molar-refractivity contribution in [3.8, 4) is 22.3 Å². The highest BCUT2D eigenvalue weighted by Gasteiger charge is 2.18. The van der Waals surface area contributed by atoms with Crippen molar-refractivity contribution in [2.45, 2.75) is 39.7 Å². The summed E-state index contributed by atoms with van der Waals surface area (Å²) in [5.41, 5.74) is 3.46. The predicted octanol–water partition coefficient (Wildman–Crippen LogP) is 5.18. The maximum atomic E-state index is 13.8. The summed E-state index contributed by atoms with van der Waals surface area (Å²) < 4.78 is 27.2. The van der Waals surface area contributed by atoms with Gasteiger partial charge in [0.2, 0.25) is 0 Å². The first-order valence-corrected chi connectivity index (χ1v) is 9.40. The zero-order valence-electron chi connectivity index (χ0n) is 16.9. The molecule has 4 nitrogen and oxygen atoms in total. The number of carbonyl (C=O) groups excluding carboxylic acids is 1. The first-order chi connectivity index (χ1) is 13.7. The van der Waals surface area contributed by atoms with Crippen molar-refractivity contribution >= 4 is 5.91 Å². The van der Waals surface area contributed by atoms with Gasteiger partial charge in [0.05, 0.1) is 5.69 Å². The van der Waals surface area contributed by atoms with Crippen LogP contribution in [0.4, 0.5) is 8.78 Å². The molecular formula is C23H23F2N3O. The Morgan fingerprint density at radius 3 is 2.38 bits per heavy atom. The average molecular weight is 395 g/mol. The Kier molecular flexibility index (Phi) is 5.73. The van der Waals surface area contributed by atoms with Gasteiger partial charge in [-0.3, -0.25) is 4.79 Å². The van der Waals surface area contributed by atoms with Crippen LogP contribution in [0.25, 0.3) is 22.3 Å². The van der Waals surface area contributed by atoms with Crippen LogP contribution in [0.1, 0.15) is 43.7 Å². The van der Waals surface area contributed by atoms with Crippen molar-refractivity contribution in [2.24, 2.45) is 0 Å². The molecule has 0 bridgehead atoms. The van der Waals surface area contributed by atoms with Crippen molar-refractivity contribution < 1.29 is 13.6 Å². The second-order valence-electron chi connectivity index (χ2n) is 7.87. The van der Waals surface area contributed by atoms with Gasteiger partial charge in [-0.15, -0.1) is 0 Å². The maximum absolute atomic E-state index is 13.8. The minimum Gasteiger partial charge on any atom is -0.347 e. The van der Waals surface area contributed by atoms with E-state index in [0.29, 0.717) is 23.1 Å². The number of aromatic nitrogens is 2. The molecule has 1 N–H and O–H groups in total.